The Morgan fingerprint density at radius 1 is 1.19 bits per heavy atom. The van der Waals surface area contributed by atoms with Crippen molar-refractivity contribution in [1.29, 1.82) is 0 Å². The summed E-state index contributed by atoms with van der Waals surface area (Å²) >= 11 is 0. The Hall–Kier alpha value is -3.76. The number of likely N-dealkylation sites (N-methyl/N-ethyl adjacent to an activating group) is 1. The number of aryl methyl sites for hydroxylation is 1. The summed E-state index contributed by atoms with van der Waals surface area (Å²) in [5.74, 6) is -1.15. The van der Waals surface area contributed by atoms with Gasteiger partial charge in [0.15, 0.2) is 0 Å². The van der Waals surface area contributed by atoms with Gasteiger partial charge in [0.2, 0.25) is 5.91 Å². The standard InChI is InChI=1S/C25H30F2N8O/c1-16-23-20(33(3)17(2)24(36)32-23)10-21(31-16)28-12-19-13-30-35(15-19)14-18-4-5-22(29-11-18)34-8-6-25(26,27)7-9-34/h4-5,10-11,13,15,17H,6-9,12,14H2,1-3H3,(H,28,31)(H,32,36)/t17-/m0/s1. The molecule has 1 fully saturated rings. The number of halogens is 2. The summed E-state index contributed by atoms with van der Waals surface area (Å²) in [6.45, 7) is 5.49. The number of aromatic nitrogens is 4. The summed E-state index contributed by atoms with van der Waals surface area (Å²) in [5, 5.41) is 10.7. The first kappa shape index (κ1) is 24.0. The molecule has 5 heterocycles. The highest BCUT2D eigenvalue weighted by atomic mass is 19.3. The fourth-order valence-corrected chi connectivity index (χ4v) is 4.52. The van der Waals surface area contributed by atoms with Crippen molar-refractivity contribution in [2.45, 2.75) is 51.7 Å². The van der Waals surface area contributed by atoms with E-state index in [4.69, 9.17) is 0 Å². The molecule has 3 aromatic rings. The average molecular weight is 497 g/mol. The molecule has 1 atom stereocenters. The van der Waals surface area contributed by atoms with E-state index in [1.807, 2.05) is 66.0 Å². The van der Waals surface area contributed by atoms with Gasteiger partial charge in [0.05, 0.1) is 29.8 Å². The third-order valence-electron chi connectivity index (χ3n) is 6.90. The van der Waals surface area contributed by atoms with Gasteiger partial charge in [0.25, 0.3) is 5.92 Å². The summed E-state index contributed by atoms with van der Waals surface area (Å²) in [6, 6.07) is 5.54. The van der Waals surface area contributed by atoms with Crippen molar-refractivity contribution >= 4 is 28.9 Å². The van der Waals surface area contributed by atoms with Crippen molar-refractivity contribution in [3.63, 3.8) is 0 Å². The molecule has 36 heavy (non-hydrogen) atoms. The molecule has 3 aromatic heterocycles. The van der Waals surface area contributed by atoms with Crippen LogP contribution in [0.4, 0.5) is 31.8 Å². The minimum Gasteiger partial charge on any atom is -0.366 e. The molecular formula is C25H30F2N8O. The molecule has 190 valence electrons. The average Bonchev–Trinajstić information content (AvgIpc) is 3.30. The van der Waals surface area contributed by atoms with Crippen molar-refractivity contribution in [1.82, 2.24) is 19.7 Å². The molecule has 9 nitrogen and oxygen atoms in total. The summed E-state index contributed by atoms with van der Waals surface area (Å²) in [4.78, 5) is 25.0. The maximum absolute atomic E-state index is 13.4. The van der Waals surface area contributed by atoms with Crippen LogP contribution in [-0.2, 0) is 17.9 Å². The van der Waals surface area contributed by atoms with E-state index in [9.17, 15) is 13.6 Å². The zero-order valence-electron chi connectivity index (χ0n) is 20.6. The Labute approximate surface area is 208 Å². The number of hydrogen-bond donors (Lipinski definition) is 2. The van der Waals surface area contributed by atoms with Crippen LogP contribution in [0.2, 0.25) is 0 Å². The first-order valence-electron chi connectivity index (χ1n) is 12.1. The minimum atomic E-state index is -2.57. The number of fused-ring (bicyclic) bond motifs is 1. The predicted octanol–water partition coefficient (Wildman–Crippen LogP) is 3.65. The molecule has 0 aliphatic carbocycles. The number of anilines is 4. The second-order valence-corrected chi connectivity index (χ2v) is 9.53. The first-order chi connectivity index (χ1) is 17.2. The summed E-state index contributed by atoms with van der Waals surface area (Å²) in [5.41, 5.74) is 4.42. The van der Waals surface area contributed by atoms with E-state index < -0.39 is 5.92 Å². The molecule has 5 rings (SSSR count). The quantitative estimate of drug-likeness (QED) is 0.538. The molecule has 0 radical (unpaired) electrons. The SMILES string of the molecule is Cc1nc(NCc2cnn(Cc3ccc(N4CCC(F)(F)CC4)nc3)c2)cc2c1NC(=O)[C@H](C)N2C. The Balaban J connectivity index is 1.19. The number of rotatable bonds is 6. The van der Waals surface area contributed by atoms with Crippen LogP contribution in [0.15, 0.2) is 36.8 Å². The first-order valence-corrected chi connectivity index (χ1v) is 12.1. The zero-order valence-corrected chi connectivity index (χ0v) is 20.6. The number of pyridine rings is 2. The van der Waals surface area contributed by atoms with Gasteiger partial charge in [-0.05, 0) is 25.5 Å². The van der Waals surface area contributed by atoms with Crippen LogP contribution in [0, 0.1) is 6.92 Å². The van der Waals surface area contributed by atoms with Gasteiger partial charge in [-0.1, -0.05) is 6.07 Å². The van der Waals surface area contributed by atoms with Crippen LogP contribution in [0.5, 0.6) is 0 Å². The van der Waals surface area contributed by atoms with E-state index in [0.717, 1.165) is 39.8 Å². The summed E-state index contributed by atoms with van der Waals surface area (Å²) < 4.78 is 28.6. The Morgan fingerprint density at radius 2 is 1.97 bits per heavy atom. The van der Waals surface area contributed by atoms with E-state index in [1.54, 1.807) is 6.20 Å². The van der Waals surface area contributed by atoms with Crippen molar-refractivity contribution in [3.8, 4) is 0 Å². The molecule has 0 bridgehead atoms. The summed E-state index contributed by atoms with van der Waals surface area (Å²) in [7, 11) is 1.90. The zero-order chi connectivity index (χ0) is 25.4. The molecular weight excluding hydrogens is 466 g/mol. The monoisotopic (exact) mass is 496 g/mol. The van der Waals surface area contributed by atoms with Crippen LogP contribution in [0.25, 0.3) is 0 Å². The van der Waals surface area contributed by atoms with Gasteiger partial charge < -0.3 is 20.4 Å². The molecule has 11 heteroatoms. The molecule has 0 unspecified atom stereocenters. The fourth-order valence-electron chi connectivity index (χ4n) is 4.52. The normalized spacial score (nSPS) is 19.1. The van der Waals surface area contributed by atoms with Gasteiger partial charge >= 0.3 is 0 Å². The number of amides is 1. The second-order valence-electron chi connectivity index (χ2n) is 9.53. The predicted molar refractivity (Wildman–Crippen MR) is 135 cm³/mol. The number of nitrogens with one attached hydrogen (secondary N) is 2. The summed E-state index contributed by atoms with van der Waals surface area (Å²) in [6.07, 6.45) is 5.29. The van der Waals surface area contributed by atoms with Crippen LogP contribution in [0.1, 0.15) is 36.6 Å². The molecule has 0 saturated carbocycles. The third kappa shape index (κ3) is 4.95. The number of carbonyl (C=O) groups is 1. The number of alkyl halides is 2. The van der Waals surface area contributed by atoms with Gasteiger partial charge in [0, 0.05) is 63.5 Å². The van der Waals surface area contributed by atoms with Crippen LogP contribution >= 0.6 is 0 Å². The number of nitrogens with zero attached hydrogens (tertiary/aromatic N) is 6. The second kappa shape index (κ2) is 9.36. The van der Waals surface area contributed by atoms with Crippen molar-refractivity contribution in [2.24, 2.45) is 0 Å². The van der Waals surface area contributed by atoms with Gasteiger partial charge in [0.1, 0.15) is 17.7 Å². The molecule has 0 aromatic carbocycles. The van der Waals surface area contributed by atoms with Gasteiger partial charge in [-0.2, -0.15) is 5.10 Å². The van der Waals surface area contributed by atoms with E-state index in [1.165, 1.54) is 0 Å². The maximum Gasteiger partial charge on any atom is 0.251 e. The van der Waals surface area contributed by atoms with E-state index in [0.29, 0.717) is 26.2 Å². The maximum atomic E-state index is 13.4. The lowest BCUT2D eigenvalue weighted by molar-refractivity contribution is -0.117. The van der Waals surface area contributed by atoms with Crippen molar-refractivity contribution < 1.29 is 13.6 Å². The number of piperidine rings is 1. The van der Waals surface area contributed by atoms with Gasteiger partial charge in [-0.3, -0.25) is 9.48 Å². The van der Waals surface area contributed by atoms with Gasteiger partial charge in [-0.15, -0.1) is 0 Å². The van der Waals surface area contributed by atoms with Crippen LogP contribution < -0.4 is 20.4 Å². The van der Waals surface area contributed by atoms with Crippen molar-refractivity contribution in [2.75, 3.05) is 40.6 Å². The Bertz CT molecular complexity index is 1250. The smallest absolute Gasteiger partial charge is 0.251 e. The topological polar surface area (TPSA) is 91.2 Å². The Kier molecular flexibility index (Phi) is 6.23. The molecule has 1 saturated heterocycles. The number of hydrogen-bond acceptors (Lipinski definition) is 7. The van der Waals surface area contributed by atoms with Gasteiger partial charge in [-0.25, -0.2) is 18.7 Å². The lowest BCUT2D eigenvalue weighted by atomic mass is 10.1. The Morgan fingerprint density at radius 3 is 2.69 bits per heavy atom. The fraction of sp³-hybridized carbons (Fsp3) is 0.440. The lowest BCUT2D eigenvalue weighted by Gasteiger charge is -2.34. The largest absolute Gasteiger partial charge is 0.366 e. The van der Waals surface area contributed by atoms with Crippen LogP contribution in [0.3, 0.4) is 0 Å². The number of carbonyl (C=O) groups excluding carboxylic acids is 1. The highest BCUT2D eigenvalue weighted by Gasteiger charge is 2.34. The van der Waals surface area contributed by atoms with E-state index in [2.05, 4.69) is 25.7 Å². The van der Waals surface area contributed by atoms with E-state index in [-0.39, 0.29) is 24.8 Å². The highest BCUT2D eigenvalue weighted by molar-refractivity contribution is 6.04. The molecule has 2 aliphatic rings. The van der Waals surface area contributed by atoms with E-state index >= 15 is 0 Å². The minimum absolute atomic E-state index is 0.0380. The lowest BCUT2D eigenvalue weighted by Crippen LogP contribution is -2.44. The molecule has 2 aliphatic heterocycles. The molecule has 1 amide bonds. The van der Waals surface area contributed by atoms with Crippen molar-refractivity contribution in [3.05, 3.63) is 53.6 Å². The molecule has 0 spiro atoms. The third-order valence-corrected chi connectivity index (χ3v) is 6.90. The highest BCUT2D eigenvalue weighted by Crippen LogP contribution is 2.35. The van der Waals surface area contributed by atoms with Crippen LogP contribution in [-0.4, -0.2) is 57.8 Å². The molecule has 2 N–H and O–H groups in total.